The van der Waals surface area contributed by atoms with Crippen LogP contribution in [0, 0.1) is 11.8 Å². The maximum absolute atomic E-state index is 14.1. The van der Waals surface area contributed by atoms with Gasteiger partial charge in [0.05, 0.1) is 25.8 Å². The van der Waals surface area contributed by atoms with Gasteiger partial charge in [-0.1, -0.05) is 88.4 Å². The van der Waals surface area contributed by atoms with E-state index in [0.717, 1.165) is 18.1 Å². The summed E-state index contributed by atoms with van der Waals surface area (Å²) >= 11 is 0. The molecule has 0 saturated carbocycles. The molecule has 1 aliphatic heterocycles. The summed E-state index contributed by atoms with van der Waals surface area (Å²) in [5, 5.41) is 22.3. The number of ketones is 1. The van der Waals surface area contributed by atoms with Gasteiger partial charge >= 0.3 is 5.97 Å². The average molecular weight is 780 g/mol. The standard InChI is InChI=1S/C42H61N5O9/c1-28(2)23-34(38(50)42(6,54)27-56-30(5)48)44-41(53)36(25-32-15-11-8-12-16-32)46-40(52)35(24-29(3)4)45-39(51)33(18-17-31-13-9-7-10-14-31)43-37(49)26-47-19-21-55-22-20-47/h7-16,28-29,33-36,54H,17-27H2,1-6H3,(H,43,49)(H,44,53)(H,45,51)(H,46,52)/t33-,34-,35-,36-,42-/m1/s1. The van der Waals surface area contributed by atoms with Gasteiger partial charge in [-0.25, -0.2) is 0 Å². The second-order valence-electron chi connectivity index (χ2n) is 15.6. The Labute approximate surface area is 330 Å². The fourth-order valence-electron chi connectivity index (χ4n) is 6.40. The van der Waals surface area contributed by atoms with Crippen LogP contribution >= 0.6 is 0 Å². The average Bonchev–Trinajstić information content (AvgIpc) is 3.15. The highest BCUT2D eigenvalue weighted by atomic mass is 16.5. The van der Waals surface area contributed by atoms with Crippen LogP contribution in [0.25, 0.3) is 0 Å². The van der Waals surface area contributed by atoms with E-state index < -0.39 is 65.8 Å². The number of hydrogen-bond acceptors (Lipinski definition) is 10. The van der Waals surface area contributed by atoms with Crippen molar-refractivity contribution in [3.05, 3.63) is 71.8 Å². The van der Waals surface area contributed by atoms with Crippen molar-refractivity contribution < 1.29 is 43.3 Å². The molecule has 1 aliphatic rings. The van der Waals surface area contributed by atoms with Gasteiger partial charge in [0.1, 0.15) is 24.7 Å². The first-order valence-corrected chi connectivity index (χ1v) is 19.5. The summed E-state index contributed by atoms with van der Waals surface area (Å²) in [5.41, 5.74) is -0.367. The van der Waals surface area contributed by atoms with Crippen molar-refractivity contribution in [2.45, 2.75) is 103 Å². The lowest BCUT2D eigenvalue weighted by Crippen LogP contribution is -2.60. The van der Waals surface area contributed by atoms with Crippen molar-refractivity contribution in [2.24, 2.45) is 11.8 Å². The molecule has 4 amide bonds. The van der Waals surface area contributed by atoms with Crippen molar-refractivity contribution in [1.82, 2.24) is 26.2 Å². The monoisotopic (exact) mass is 779 g/mol. The van der Waals surface area contributed by atoms with Crippen molar-refractivity contribution in [3.63, 3.8) is 0 Å². The highest BCUT2D eigenvalue weighted by Gasteiger charge is 2.39. The van der Waals surface area contributed by atoms with Crippen LogP contribution < -0.4 is 21.3 Å². The number of hydrogen-bond donors (Lipinski definition) is 5. The molecule has 3 rings (SSSR count). The fraction of sp³-hybridized carbons (Fsp3) is 0.571. The zero-order valence-electron chi connectivity index (χ0n) is 33.7. The number of amides is 4. The maximum atomic E-state index is 14.1. The lowest BCUT2D eigenvalue weighted by Gasteiger charge is -2.30. The number of rotatable bonds is 22. The molecule has 0 bridgehead atoms. The maximum Gasteiger partial charge on any atom is 0.302 e. The molecule has 308 valence electrons. The Kier molecular flexibility index (Phi) is 18.6. The molecule has 14 heteroatoms. The van der Waals surface area contributed by atoms with Gasteiger partial charge in [-0.15, -0.1) is 0 Å². The third kappa shape index (κ3) is 16.2. The van der Waals surface area contributed by atoms with Crippen LogP contribution in [0.1, 0.15) is 71.9 Å². The minimum Gasteiger partial charge on any atom is -0.462 e. The summed E-state index contributed by atoms with van der Waals surface area (Å²) in [7, 11) is 0. The first-order valence-electron chi connectivity index (χ1n) is 19.5. The highest BCUT2D eigenvalue weighted by Crippen LogP contribution is 2.17. The first kappa shape index (κ1) is 45.7. The Morgan fingerprint density at radius 3 is 1.80 bits per heavy atom. The van der Waals surface area contributed by atoms with Crippen molar-refractivity contribution in [2.75, 3.05) is 39.5 Å². The number of morpholine rings is 1. The summed E-state index contributed by atoms with van der Waals surface area (Å²) in [4.78, 5) is 82.4. The number of ether oxygens (including phenoxy) is 2. The zero-order valence-corrected chi connectivity index (χ0v) is 33.7. The number of aliphatic hydroxyl groups is 1. The van der Waals surface area contributed by atoms with E-state index in [9.17, 15) is 33.9 Å². The molecular formula is C42H61N5O9. The molecule has 5 atom stereocenters. The molecule has 56 heavy (non-hydrogen) atoms. The predicted octanol–water partition coefficient (Wildman–Crippen LogP) is 2.11. The Bertz CT molecular complexity index is 1580. The van der Waals surface area contributed by atoms with E-state index >= 15 is 0 Å². The fourth-order valence-corrected chi connectivity index (χ4v) is 6.40. The number of aryl methyl sites for hydroxylation is 1. The zero-order chi connectivity index (χ0) is 41.3. The van der Waals surface area contributed by atoms with E-state index in [2.05, 4.69) is 21.3 Å². The first-order chi connectivity index (χ1) is 26.5. The third-order valence-electron chi connectivity index (χ3n) is 9.37. The molecule has 0 aliphatic carbocycles. The van der Waals surface area contributed by atoms with Gasteiger partial charge in [-0.05, 0) is 55.6 Å². The van der Waals surface area contributed by atoms with E-state index in [4.69, 9.17) is 9.47 Å². The van der Waals surface area contributed by atoms with Crippen LogP contribution in [0.15, 0.2) is 60.7 Å². The van der Waals surface area contributed by atoms with E-state index in [1.807, 2.05) is 69.0 Å². The molecule has 0 aromatic heterocycles. The van der Waals surface area contributed by atoms with Gasteiger partial charge in [0.2, 0.25) is 23.6 Å². The molecule has 1 fully saturated rings. The molecule has 1 saturated heterocycles. The van der Waals surface area contributed by atoms with E-state index in [0.29, 0.717) is 32.7 Å². The molecule has 0 spiro atoms. The van der Waals surface area contributed by atoms with E-state index in [1.54, 1.807) is 24.3 Å². The van der Waals surface area contributed by atoms with Crippen LogP contribution in [0.4, 0.5) is 0 Å². The minimum absolute atomic E-state index is 0.0429. The number of carbonyl (C=O) groups is 6. The molecule has 0 unspecified atom stereocenters. The second kappa shape index (κ2) is 22.8. The van der Waals surface area contributed by atoms with E-state index in [1.165, 1.54) is 6.92 Å². The number of Topliss-reactive ketones (excluding diaryl/α,β-unsaturated/α-hetero) is 1. The molecule has 5 N–H and O–H groups in total. The van der Waals surface area contributed by atoms with Crippen LogP contribution in [-0.4, -0.2) is 115 Å². The predicted molar refractivity (Wildman–Crippen MR) is 211 cm³/mol. The normalized spacial score (nSPS) is 16.4. The number of benzene rings is 2. The SMILES string of the molecule is CC(=O)OC[C@@](C)(O)C(=O)[C@@H](CC(C)C)NC(=O)[C@@H](Cc1ccccc1)NC(=O)[C@@H](CC(C)C)NC(=O)[C@@H](CCc1ccccc1)NC(=O)CN1CCOCC1. The summed E-state index contributed by atoms with van der Waals surface area (Å²) < 4.78 is 10.3. The Morgan fingerprint density at radius 1 is 0.732 bits per heavy atom. The van der Waals surface area contributed by atoms with Gasteiger partial charge in [-0.2, -0.15) is 0 Å². The number of nitrogens with zero attached hydrogens (tertiary/aromatic N) is 1. The van der Waals surface area contributed by atoms with Crippen LogP contribution in [0.2, 0.25) is 0 Å². The van der Waals surface area contributed by atoms with Crippen molar-refractivity contribution >= 4 is 35.4 Å². The lowest BCUT2D eigenvalue weighted by atomic mass is 9.90. The number of esters is 1. The molecule has 1 heterocycles. The van der Waals surface area contributed by atoms with Crippen LogP contribution in [0.5, 0.6) is 0 Å². The lowest BCUT2D eigenvalue weighted by molar-refractivity contribution is -0.156. The molecular weight excluding hydrogens is 718 g/mol. The minimum atomic E-state index is -2.09. The molecule has 0 radical (unpaired) electrons. The van der Waals surface area contributed by atoms with E-state index in [-0.39, 0.29) is 50.0 Å². The van der Waals surface area contributed by atoms with Crippen LogP contribution in [-0.2, 0) is 51.1 Å². The summed E-state index contributed by atoms with van der Waals surface area (Å²) in [6.45, 7) is 11.6. The topological polar surface area (TPSA) is 192 Å². The summed E-state index contributed by atoms with van der Waals surface area (Å²) in [5.74, 6) is -3.67. The summed E-state index contributed by atoms with van der Waals surface area (Å²) in [6.07, 6.45) is 1.25. The second-order valence-corrected chi connectivity index (χ2v) is 15.6. The third-order valence-corrected chi connectivity index (χ3v) is 9.37. The molecule has 2 aromatic carbocycles. The Morgan fingerprint density at radius 2 is 1.23 bits per heavy atom. The van der Waals surface area contributed by atoms with Gasteiger partial charge in [0, 0.05) is 26.4 Å². The van der Waals surface area contributed by atoms with Gasteiger partial charge < -0.3 is 35.8 Å². The smallest absolute Gasteiger partial charge is 0.302 e. The molecule has 14 nitrogen and oxygen atoms in total. The quantitative estimate of drug-likeness (QED) is 0.111. The van der Waals surface area contributed by atoms with Crippen LogP contribution in [0.3, 0.4) is 0 Å². The van der Waals surface area contributed by atoms with Gasteiger partial charge in [0.25, 0.3) is 0 Å². The highest BCUT2D eigenvalue weighted by molar-refractivity contribution is 5.98. The summed E-state index contributed by atoms with van der Waals surface area (Å²) in [6, 6.07) is 14.3. The molecule has 2 aromatic rings. The Hall–Kier alpha value is -4.66. The Balaban J connectivity index is 1.85. The van der Waals surface area contributed by atoms with Gasteiger partial charge in [0.15, 0.2) is 11.4 Å². The largest absolute Gasteiger partial charge is 0.462 e. The van der Waals surface area contributed by atoms with Gasteiger partial charge in [-0.3, -0.25) is 33.7 Å². The number of carbonyl (C=O) groups excluding carboxylic acids is 6. The van der Waals surface area contributed by atoms with Crippen molar-refractivity contribution in [3.8, 4) is 0 Å². The number of nitrogens with one attached hydrogen (secondary N) is 4. The van der Waals surface area contributed by atoms with Crippen molar-refractivity contribution in [1.29, 1.82) is 0 Å².